The topological polar surface area (TPSA) is 62.1 Å². The van der Waals surface area contributed by atoms with E-state index in [2.05, 4.69) is 41.7 Å². The van der Waals surface area contributed by atoms with E-state index >= 15 is 0 Å². The number of hydrogen-bond acceptors (Lipinski definition) is 5. The number of rotatable bonds is 5. The molecular weight excluding hydrogens is 412 g/mol. The molecule has 33 heavy (non-hydrogen) atoms. The Bertz CT molecular complexity index is 1290. The molecule has 170 valence electrons. The van der Waals surface area contributed by atoms with E-state index < -0.39 is 0 Å². The Balaban J connectivity index is 1.71. The second-order valence-electron chi connectivity index (χ2n) is 9.41. The number of benzene rings is 2. The molecule has 2 heterocycles. The summed E-state index contributed by atoms with van der Waals surface area (Å²) in [6.07, 6.45) is 6.55. The van der Waals surface area contributed by atoms with Gasteiger partial charge in [0.05, 0.1) is 25.8 Å². The van der Waals surface area contributed by atoms with Crippen molar-refractivity contribution in [1.82, 2.24) is 19.7 Å². The molecule has 0 radical (unpaired) electrons. The summed E-state index contributed by atoms with van der Waals surface area (Å²) in [5.41, 5.74) is 1.75. The van der Waals surface area contributed by atoms with Crippen LogP contribution in [0.2, 0.25) is 0 Å². The molecule has 0 saturated heterocycles. The molecular formula is C27H30N4O2. The minimum absolute atomic E-state index is 0.112. The first-order valence-corrected chi connectivity index (χ1v) is 11.5. The molecule has 1 fully saturated rings. The van der Waals surface area contributed by atoms with Crippen molar-refractivity contribution in [2.75, 3.05) is 14.2 Å². The molecule has 6 heteroatoms. The standard InChI is InChI=1S/C27H30N4O2/c1-27(2)15-8-7-14-23(27)31-26(20-12-9-13-22(32-3)24(20)33-4)29-25(30-31)21-16-18-10-5-6-11-19(18)17-28-21/h5-6,9-13,16-17,23H,7-8,14-15H2,1-4H3. The van der Waals surface area contributed by atoms with E-state index in [0.717, 1.165) is 40.7 Å². The van der Waals surface area contributed by atoms with E-state index in [1.54, 1.807) is 14.2 Å². The zero-order valence-corrected chi connectivity index (χ0v) is 19.7. The highest BCUT2D eigenvalue weighted by Gasteiger charge is 2.37. The van der Waals surface area contributed by atoms with Crippen molar-refractivity contribution < 1.29 is 9.47 Å². The van der Waals surface area contributed by atoms with Crippen molar-refractivity contribution in [2.45, 2.75) is 45.6 Å². The van der Waals surface area contributed by atoms with Gasteiger partial charge in [-0.05, 0) is 41.8 Å². The summed E-state index contributed by atoms with van der Waals surface area (Å²) < 4.78 is 13.5. The van der Waals surface area contributed by atoms with Gasteiger partial charge in [-0.25, -0.2) is 9.67 Å². The summed E-state index contributed by atoms with van der Waals surface area (Å²) in [4.78, 5) is 9.72. The van der Waals surface area contributed by atoms with Gasteiger partial charge >= 0.3 is 0 Å². The van der Waals surface area contributed by atoms with Crippen LogP contribution < -0.4 is 9.47 Å². The largest absolute Gasteiger partial charge is 0.493 e. The fourth-order valence-corrected chi connectivity index (χ4v) is 5.03. The summed E-state index contributed by atoms with van der Waals surface area (Å²) in [6.45, 7) is 4.66. The van der Waals surface area contributed by atoms with Gasteiger partial charge in [-0.1, -0.05) is 57.0 Å². The van der Waals surface area contributed by atoms with E-state index in [1.807, 2.05) is 36.5 Å². The molecule has 1 aliphatic carbocycles. The Morgan fingerprint density at radius 3 is 2.55 bits per heavy atom. The number of ether oxygens (including phenoxy) is 2. The lowest BCUT2D eigenvalue weighted by atomic mass is 9.73. The van der Waals surface area contributed by atoms with Crippen LogP contribution in [0.25, 0.3) is 33.7 Å². The van der Waals surface area contributed by atoms with Crippen LogP contribution in [0.3, 0.4) is 0 Å². The zero-order valence-electron chi connectivity index (χ0n) is 19.7. The van der Waals surface area contributed by atoms with E-state index in [-0.39, 0.29) is 11.5 Å². The Labute approximate surface area is 194 Å². The number of methoxy groups -OCH3 is 2. The van der Waals surface area contributed by atoms with Crippen LogP contribution in [0.5, 0.6) is 11.5 Å². The van der Waals surface area contributed by atoms with Gasteiger partial charge in [0, 0.05) is 11.6 Å². The minimum Gasteiger partial charge on any atom is -0.493 e. The number of hydrogen-bond donors (Lipinski definition) is 0. The number of para-hydroxylation sites is 1. The fourth-order valence-electron chi connectivity index (χ4n) is 5.03. The quantitative estimate of drug-likeness (QED) is 0.362. The normalized spacial score (nSPS) is 17.8. The average Bonchev–Trinajstić information content (AvgIpc) is 3.27. The van der Waals surface area contributed by atoms with Gasteiger partial charge in [0.25, 0.3) is 0 Å². The van der Waals surface area contributed by atoms with Gasteiger partial charge < -0.3 is 9.47 Å². The molecule has 0 spiro atoms. The van der Waals surface area contributed by atoms with Crippen molar-refractivity contribution in [3.63, 3.8) is 0 Å². The molecule has 0 amide bonds. The number of fused-ring (bicyclic) bond motifs is 1. The number of nitrogens with zero attached hydrogens (tertiary/aromatic N) is 4. The first-order chi connectivity index (χ1) is 16.0. The van der Waals surface area contributed by atoms with Crippen LogP contribution in [0.15, 0.2) is 54.7 Å². The van der Waals surface area contributed by atoms with Crippen LogP contribution in [0.4, 0.5) is 0 Å². The predicted molar refractivity (Wildman–Crippen MR) is 131 cm³/mol. The molecule has 1 unspecified atom stereocenters. The molecule has 4 aromatic rings. The highest BCUT2D eigenvalue weighted by atomic mass is 16.5. The molecule has 2 aromatic carbocycles. The lowest BCUT2D eigenvalue weighted by molar-refractivity contribution is 0.134. The third kappa shape index (κ3) is 3.84. The third-order valence-corrected chi connectivity index (χ3v) is 6.88. The van der Waals surface area contributed by atoms with Crippen molar-refractivity contribution in [3.8, 4) is 34.4 Å². The second kappa shape index (κ2) is 8.50. The lowest BCUT2D eigenvalue weighted by Gasteiger charge is -2.39. The molecule has 0 aliphatic heterocycles. The molecule has 1 aliphatic rings. The van der Waals surface area contributed by atoms with Crippen LogP contribution in [-0.4, -0.2) is 34.0 Å². The molecule has 2 aromatic heterocycles. The molecule has 0 bridgehead atoms. The highest BCUT2D eigenvalue weighted by molar-refractivity contribution is 5.84. The maximum Gasteiger partial charge on any atom is 0.200 e. The van der Waals surface area contributed by atoms with Crippen LogP contribution in [0, 0.1) is 5.41 Å². The van der Waals surface area contributed by atoms with Gasteiger partial charge in [-0.15, -0.1) is 5.10 Å². The van der Waals surface area contributed by atoms with Crippen molar-refractivity contribution in [1.29, 1.82) is 0 Å². The Morgan fingerprint density at radius 1 is 0.970 bits per heavy atom. The van der Waals surface area contributed by atoms with Crippen molar-refractivity contribution >= 4 is 10.8 Å². The monoisotopic (exact) mass is 442 g/mol. The van der Waals surface area contributed by atoms with E-state index in [4.69, 9.17) is 19.6 Å². The minimum atomic E-state index is 0.112. The second-order valence-corrected chi connectivity index (χ2v) is 9.41. The van der Waals surface area contributed by atoms with Crippen LogP contribution >= 0.6 is 0 Å². The Morgan fingerprint density at radius 2 is 1.79 bits per heavy atom. The Hall–Kier alpha value is -3.41. The number of aromatic nitrogens is 4. The summed E-state index contributed by atoms with van der Waals surface area (Å²) in [6, 6.07) is 16.4. The molecule has 6 nitrogen and oxygen atoms in total. The summed E-state index contributed by atoms with van der Waals surface area (Å²) >= 11 is 0. The molecule has 0 N–H and O–H groups in total. The maximum atomic E-state index is 5.77. The summed E-state index contributed by atoms with van der Waals surface area (Å²) in [7, 11) is 3.32. The predicted octanol–water partition coefficient (Wildman–Crippen LogP) is 6.32. The first-order valence-electron chi connectivity index (χ1n) is 11.5. The van der Waals surface area contributed by atoms with Crippen molar-refractivity contribution in [3.05, 3.63) is 54.7 Å². The summed E-state index contributed by atoms with van der Waals surface area (Å²) in [5.74, 6) is 2.76. The van der Waals surface area contributed by atoms with Crippen molar-refractivity contribution in [2.24, 2.45) is 5.41 Å². The van der Waals surface area contributed by atoms with E-state index in [1.165, 1.54) is 12.8 Å². The van der Waals surface area contributed by atoms with Gasteiger partial charge in [-0.2, -0.15) is 0 Å². The van der Waals surface area contributed by atoms with Gasteiger partial charge in [0.2, 0.25) is 0 Å². The first kappa shape index (κ1) is 21.4. The van der Waals surface area contributed by atoms with E-state index in [0.29, 0.717) is 17.3 Å². The SMILES string of the molecule is COc1cccc(-c2nc(-c3cc4ccccc4cn3)nn2C2CCCCC2(C)C)c1OC. The molecule has 1 saturated carbocycles. The molecule has 5 rings (SSSR count). The smallest absolute Gasteiger partial charge is 0.200 e. The zero-order chi connectivity index (χ0) is 23.0. The third-order valence-electron chi connectivity index (χ3n) is 6.88. The Kier molecular flexibility index (Phi) is 5.52. The summed E-state index contributed by atoms with van der Waals surface area (Å²) in [5, 5.41) is 7.28. The van der Waals surface area contributed by atoms with Gasteiger partial charge in [0.15, 0.2) is 23.1 Å². The average molecular weight is 443 g/mol. The number of pyridine rings is 1. The highest BCUT2D eigenvalue weighted by Crippen LogP contribution is 2.46. The van der Waals surface area contributed by atoms with Gasteiger partial charge in [-0.3, -0.25) is 4.98 Å². The van der Waals surface area contributed by atoms with Crippen LogP contribution in [0.1, 0.15) is 45.6 Å². The fraction of sp³-hybridized carbons (Fsp3) is 0.370. The lowest BCUT2D eigenvalue weighted by Crippen LogP contribution is -2.31. The van der Waals surface area contributed by atoms with Crippen LogP contribution in [-0.2, 0) is 0 Å². The van der Waals surface area contributed by atoms with E-state index in [9.17, 15) is 0 Å². The maximum absolute atomic E-state index is 5.77. The molecule has 1 atom stereocenters. The van der Waals surface area contributed by atoms with Gasteiger partial charge in [0.1, 0.15) is 5.69 Å².